The van der Waals surface area contributed by atoms with Gasteiger partial charge in [0.2, 0.25) is 0 Å². The number of cyclic esters (lactones) is 1. The first-order valence-corrected chi connectivity index (χ1v) is 7.02. The number of rotatable bonds is 3. The van der Waals surface area contributed by atoms with Gasteiger partial charge in [-0.15, -0.1) is 0 Å². The molecular formula is C17H20O3. The number of hydrogen-bond donors (Lipinski definition) is 0. The molecule has 3 nitrogen and oxygen atoms in total. The van der Waals surface area contributed by atoms with E-state index in [-0.39, 0.29) is 11.8 Å². The molecule has 20 heavy (non-hydrogen) atoms. The quantitative estimate of drug-likeness (QED) is 0.482. The zero-order valence-corrected chi connectivity index (χ0v) is 11.8. The van der Waals surface area contributed by atoms with E-state index in [1.54, 1.807) is 0 Å². The first-order valence-electron chi connectivity index (χ1n) is 7.02. The summed E-state index contributed by atoms with van der Waals surface area (Å²) >= 11 is 0. The Balaban J connectivity index is 2.34. The third-order valence-corrected chi connectivity index (χ3v) is 3.79. The maximum atomic E-state index is 12.4. The van der Waals surface area contributed by atoms with Crippen LogP contribution in [0.4, 0.5) is 0 Å². The molecule has 0 aromatic heterocycles. The van der Waals surface area contributed by atoms with E-state index in [4.69, 9.17) is 4.74 Å². The van der Waals surface area contributed by atoms with E-state index < -0.39 is 5.41 Å². The number of carbonyl (C=O) groups is 2. The molecule has 0 unspecified atom stereocenters. The van der Waals surface area contributed by atoms with Crippen LogP contribution in [0.25, 0.3) is 0 Å². The standard InChI is InChI=1S/C17H20O3/c1-14(18)17(13-15-9-5-4-6-10-15)11-7-2-3-8-12-20-16(17)19/h2,4-7,9-10H,3,8,11-13H2,1H3/b7-2-/t17-/m0/s1. The van der Waals surface area contributed by atoms with Gasteiger partial charge in [0.05, 0.1) is 6.61 Å². The Morgan fingerprint density at radius 2 is 2.00 bits per heavy atom. The number of Topliss-reactive ketones (excluding diaryl/α,β-unsaturated/α-hetero) is 1. The number of hydrogen-bond acceptors (Lipinski definition) is 3. The Bertz CT molecular complexity index is 504. The summed E-state index contributed by atoms with van der Waals surface area (Å²) in [5, 5.41) is 0. The highest BCUT2D eigenvalue weighted by Gasteiger charge is 2.44. The number of carbonyl (C=O) groups excluding carboxylic acids is 2. The van der Waals surface area contributed by atoms with Crippen molar-refractivity contribution in [3.8, 4) is 0 Å². The SMILES string of the molecule is CC(=O)[C@@]1(Cc2ccccc2)C/C=C\CCCOC1=O. The van der Waals surface area contributed by atoms with Crippen LogP contribution in [0, 0.1) is 5.41 Å². The van der Waals surface area contributed by atoms with Gasteiger partial charge in [-0.3, -0.25) is 9.59 Å². The van der Waals surface area contributed by atoms with Gasteiger partial charge in [-0.05, 0) is 38.2 Å². The smallest absolute Gasteiger partial charge is 0.320 e. The average molecular weight is 272 g/mol. The fourth-order valence-corrected chi connectivity index (χ4v) is 2.49. The summed E-state index contributed by atoms with van der Waals surface area (Å²) in [4.78, 5) is 24.6. The molecule has 0 saturated heterocycles. The molecule has 0 amide bonds. The minimum atomic E-state index is -1.08. The molecule has 3 heteroatoms. The summed E-state index contributed by atoms with van der Waals surface area (Å²) in [6.45, 7) is 1.86. The zero-order chi connectivity index (χ0) is 14.4. The van der Waals surface area contributed by atoms with Gasteiger partial charge in [0, 0.05) is 0 Å². The fraction of sp³-hybridized carbons (Fsp3) is 0.412. The van der Waals surface area contributed by atoms with Crippen molar-refractivity contribution in [3.63, 3.8) is 0 Å². The molecule has 2 rings (SSSR count). The molecule has 0 radical (unpaired) electrons. The first kappa shape index (κ1) is 14.5. The maximum absolute atomic E-state index is 12.4. The van der Waals surface area contributed by atoms with Crippen molar-refractivity contribution in [2.45, 2.75) is 32.6 Å². The number of ether oxygens (including phenoxy) is 1. The maximum Gasteiger partial charge on any atom is 0.320 e. The Hall–Kier alpha value is -1.90. The predicted molar refractivity (Wildman–Crippen MR) is 77.2 cm³/mol. The van der Waals surface area contributed by atoms with Crippen LogP contribution in [0.1, 0.15) is 31.7 Å². The van der Waals surface area contributed by atoms with E-state index in [1.165, 1.54) is 6.92 Å². The van der Waals surface area contributed by atoms with E-state index in [9.17, 15) is 9.59 Å². The summed E-state index contributed by atoms with van der Waals surface area (Å²) in [7, 11) is 0. The van der Waals surface area contributed by atoms with Gasteiger partial charge < -0.3 is 4.74 Å². The van der Waals surface area contributed by atoms with Gasteiger partial charge in [0.25, 0.3) is 0 Å². The Kier molecular flexibility index (Phi) is 4.72. The number of ketones is 1. The minimum absolute atomic E-state index is 0.127. The molecule has 0 bridgehead atoms. The minimum Gasteiger partial charge on any atom is -0.465 e. The van der Waals surface area contributed by atoms with Crippen molar-refractivity contribution in [2.75, 3.05) is 6.61 Å². The summed E-state index contributed by atoms with van der Waals surface area (Å²) in [5.41, 5.74) is -0.102. The lowest BCUT2D eigenvalue weighted by atomic mass is 9.75. The molecule has 1 heterocycles. The van der Waals surface area contributed by atoms with E-state index in [1.807, 2.05) is 42.5 Å². The van der Waals surface area contributed by atoms with Crippen molar-refractivity contribution in [1.82, 2.24) is 0 Å². The third-order valence-electron chi connectivity index (χ3n) is 3.79. The van der Waals surface area contributed by atoms with Crippen LogP contribution in [0.15, 0.2) is 42.5 Å². The first-order chi connectivity index (χ1) is 9.65. The van der Waals surface area contributed by atoms with Gasteiger partial charge >= 0.3 is 5.97 Å². The third kappa shape index (κ3) is 3.16. The molecule has 106 valence electrons. The van der Waals surface area contributed by atoms with Crippen LogP contribution < -0.4 is 0 Å². The molecule has 0 aliphatic carbocycles. The number of allylic oxidation sites excluding steroid dienone is 2. The monoisotopic (exact) mass is 272 g/mol. The molecular weight excluding hydrogens is 252 g/mol. The Morgan fingerprint density at radius 3 is 2.70 bits per heavy atom. The van der Waals surface area contributed by atoms with Crippen molar-refractivity contribution >= 4 is 11.8 Å². The highest BCUT2D eigenvalue weighted by molar-refractivity contribution is 6.03. The molecule has 0 fully saturated rings. The second kappa shape index (κ2) is 6.51. The summed E-state index contributed by atoms with van der Waals surface area (Å²) in [6, 6.07) is 9.63. The van der Waals surface area contributed by atoms with E-state index in [2.05, 4.69) is 0 Å². The molecule has 1 aromatic carbocycles. The van der Waals surface area contributed by atoms with Gasteiger partial charge in [-0.25, -0.2) is 0 Å². The van der Waals surface area contributed by atoms with Crippen LogP contribution in [-0.4, -0.2) is 18.4 Å². The fourth-order valence-electron chi connectivity index (χ4n) is 2.49. The van der Waals surface area contributed by atoms with Crippen LogP contribution >= 0.6 is 0 Å². The van der Waals surface area contributed by atoms with Crippen LogP contribution in [0.5, 0.6) is 0 Å². The number of esters is 1. The topological polar surface area (TPSA) is 43.4 Å². The van der Waals surface area contributed by atoms with Crippen molar-refractivity contribution in [3.05, 3.63) is 48.0 Å². The summed E-state index contributed by atoms with van der Waals surface area (Å²) in [5.74, 6) is -0.515. The highest BCUT2D eigenvalue weighted by atomic mass is 16.5. The predicted octanol–water partition coefficient (Wildman–Crippen LogP) is 3.09. The molecule has 1 atom stereocenters. The van der Waals surface area contributed by atoms with Crippen molar-refractivity contribution < 1.29 is 14.3 Å². The van der Waals surface area contributed by atoms with Crippen LogP contribution in [-0.2, 0) is 20.7 Å². The lowest BCUT2D eigenvalue weighted by Crippen LogP contribution is -2.41. The molecule has 1 aliphatic rings. The van der Waals surface area contributed by atoms with Crippen molar-refractivity contribution in [2.24, 2.45) is 5.41 Å². The summed E-state index contributed by atoms with van der Waals surface area (Å²) in [6.07, 6.45) is 6.47. The largest absolute Gasteiger partial charge is 0.465 e. The lowest BCUT2D eigenvalue weighted by Gasteiger charge is -2.27. The molecule has 1 aliphatic heterocycles. The normalized spacial score (nSPS) is 24.9. The average Bonchev–Trinajstić information content (AvgIpc) is 2.53. The zero-order valence-electron chi connectivity index (χ0n) is 11.8. The Labute approximate surface area is 119 Å². The number of benzene rings is 1. The molecule has 1 aromatic rings. The highest BCUT2D eigenvalue weighted by Crippen LogP contribution is 2.32. The lowest BCUT2D eigenvalue weighted by molar-refractivity contribution is -0.160. The second-order valence-corrected chi connectivity index (χ2v) is 5.25. The van der Waals surface area contributed by atoms with E-state index in [0.29, 0.717) is 19.4 Å². The van der Waals surface area contributed by atoms with Gasteiger partial charge in [-0.1, -0.05) is 42.5 Å². The van der Waals surface area contributed by atoms with E-state index in [0.717, 1.165) is 18.4 Å². The molecule has 0 spiro atoms. The van der Waals surface area contributed by atoms with E-state index >= 15 is 0 Å². The molecule has 0 saturated carbocycles. The summed E-state index contributed by atoms with van der Waals surface area (Å²) < 4.78 is 5.31. The van der Waals surface area contributed by atoms with Gasteiger partial charge in [0.1, 0.15) is 11.2 Å². The van der Waals surface area contributed by atoms with Gasteiger partial charge in [0.15, 0.2) is 0 Å². The second-order valence-electron chi connectivity index (χ2n) is 5.25. The van der Waals surface area contributed by atoms with Gasteiger partial charge in [-0.2, -0.15) is 0 Å². The van der Waals surface area contributed by atoms with Crippen molar-refractivity contribution in [1.29, 1.82) is 0 Å². The molecule has 0 N–H and O–H groups in total. The van der Waals surface area contributed by atoms with Crippen LogP contribution in [0.2, 0.25) is 0 Å². The Morgan fingerprint density at radius 1 is 1.25 bits per heavy atom. The van der Waals surface area contributed by atoms with Crippen LogP contribution in [0.3, 0.4) is 0 Å².